The number of aromatic amines is 1. The average molecular weight is 317 g/mol. The van der Waals surface area contributed by atoms with E-state index in [1.54, 1.807) is 0 Å². The van der Waals surface area contributed by atoms with Crippen LogP contribution in [0, 0.1) is 4.77 Å². The van der Waals surface area contributed by atoms with Crippen molar-refractivity contribution in [3.8, 4) is 11.4 Å². The van der Waals surface area contributed by atoms with E-state index in [0.29, 0.717) is 11.3 Å². The molecule has 23 heavy (non-hydrogen) atoms. The highest BCUT2D eigenvalue weighted by Gasteiger charge is 2.08. The molecule has 0 atom stereocenters. The fourth-order valence-electron chi connectivity index (χ4n) is 2.78. The van der Waals surface area contributed by atoms with Crippen LogP contribution < -0.4 is 0 Å². The molecule has 112 valence electrons. The predicted molar refractivity (Wildman–Crippen MR) is 95.9 cm³/mol. The maximum atomic E-state index is 5.42. The van der Waals surface area contributed by atoms with Gasteiger partial charge in [0.05, 0.1) is 6.54 Å². The van der Waals surface area contributed by atoms with E-state index in [-0.39, 0.29) is 0 Å². The Morgan fingerprint density at radius 1 is 0.870 bits per heavy atom. The van der Waals surface area contributed by atoms with Crippen molar-refractivity contribution in [2.45, 2.75) is 6.54 Å². The van der Waals surface area contributed by atoms with E-state index in [0.717, 1.165) is 11.4 Å². The van der Waals surface area contributed by atoms with Crippen LogP contribution >= 0.6 is 12.2 Å². The second-order valence-corrected chi connectivity index (χ2v) is 5.82. The number of aromatic nitrogens is 3. The SMILES string of the molecule is S=c1nc(-c2cccc3ccccc23)[nH]n1Cc1ccccc1. The van der Waals surface area contributed by atoms with Crippen molar-refractivity contribution in [2.75, 3.05) is 0 Å². The number of hydrogen-bond acceptors (Lipinski definition) is 2. The van der Waals surface area contributed by atoms with Gasteiger partial charge in [-0.1, -0.05) is 72.8 Å². The molecule has 3 nitrogen and oxygen atoms in total. The van der Waals surface area contributed by atoms with Crippen molar-refractivity contribution < 1.29 is 0 Å². The molecule has 4 heteroatoms. The Morgan fingerprint density at radius 3 is 2.48 bits per heavy atom. The zero-order valence-electron chi connectivity index (χ0n) is 12.4. The monoisotopic (exact) mass is 317 g/mol. The summed E-state index contributed by atoms with van der Waals surface area (Å²) in [6.45, 7) is 0.692. The van der Waals surface area contributed by atoms with E-state index in [4.69, 9.17) is 12.2 Å². The molecule has 0 spiro atoms. The minimum atomic E-state index is 0.566. The van der Waals surface area contributed by atoms with Gasteiger partial charge in [0.15, 0.2) is 5.82 Å². The molecule has 0 amide bonds. The van der Waals surface area contributed by atoms with Gasteiger partial charge in [-0.05, 0) is 28.6 Å². The van der Waals surface area contributed by atoms with Gasteiger partial charge in [0, 0.05) is 5.56 Å². The van der Waals surface area contributed by atoms with E-state index >= 15 is 0 Å². The van der Waals surface area contributed by atoms with Crippen LogP contribution in [0.1, 0.15) is 5.56 Å². The molecule has 0 aliphatic heterocycles. The molecule has 4 rings (SSSR count). The van der Waals surface area contributed by atoms with Crippen LogP contribution in [0.15, 0.2) is 72.8 Å². The van der Waals surface area contributed by atoms with Crippen molar-refractivity contribution in [1.82, 2.24) is 14.8 Å². The van der Waals surface area contributed by atoms with Gasteiger partial charge < -0.3 is 0 Å². The number of nitrogens with zero attached hydrogens (tertiary/aromatic N) is 2. The van der Waals surface area contributed by atoms with Crippen LogP contribution in [0.4, 0.5) is 0 Å². The summed E-state index contributed by atoms with van der Waals surface area (Å²) in [5.41, 5.74) is 2.26. The van der Waals surface area contributed by atoms with E-state index in [1.807, 2.05) is 41.1 Å². The van der Waals surface area contributed by atoms with E-state index in [9.17, 15) is 0 Å². The largest absolute Gasteiger partial charge is 0.279 e. The summed E-state index contributed by atoms with van der Waals surface area (Å²) in [4.78, 5) is 4.55. The molecule has 0 unspecified atom stereocenters. The van der Waals surface area contributed by atoms with Gasteiger partial charge in [-0.15, -0.1) is 0 Å². The minimum Gasteiger partial charge on any atom is -0.279 e. The lowest BCUT2D eigenvalue weighted by Crippen LogP contribution is -2.01. The maximum Gasteiger partial charge on any atom is 0.216 e. The molecule has 0 aliphatic carbocycles. The van der Waals surface area contributed by atoms with E-state index in [2.05, 4.69) is 46.5 Å². The second-order valence-electron chi connectivity index (χ2n) is 5.45. The molecule has 4 aromatic rings. The molecule has 1 heterocycles. The second kappa shape index (κ2) is 5.82. The van der Waals surface area contributed by atoms with Gasteiger partial charge >= 0.3 is 0 Å². The Hall–Kier alpha value is -2.72. The predicted octanol–water partition coefficient (Wildman–Crippen LogP) is 4.81. The van der Waals surface area contributed by atoms with Crippen LogP contribution in [-0.2, 0) is 6.54 Å². The quantitative estimate of drug-likeness (QED) is 0.550. The third-order valence-electron chi connectivity index (χ3n) is 3.91. The number of hydrogen-bond donors (Lipinski definition) is 1. The number of nitrogens with one attached hydrogen (secondary N) is 1. The molecule has 1 aromatic heterocycles. The first-order valence-electron chi connectivity index (χ1n) is 7.50. The van der Waals surface area contributed by atoms with Crippen LogP contribution in [0.25, 0.3) is 22.2 Å². The number of H-pyrrole nitrogens is 1. The first-order valence-corrected chi connectivity index (χ1v) is 7.91. The Morgan fingerprint density at radius 2 is 1.61 bits per heavy atom. The standard InChI is InChI=1S/C19H15N3S/c23-19-20-18(21-22(19)13-14-7-2-1-3-8-14)17-12-6-10-15-9-4-5-11-16(15)17/h1-12H,13H2,(H,20,21,23). The van der Waals surface area contributed by atoms with Gasteiger partial charge in [0.25, 0.3) is 0 Å². The fourth-order valence-corrected chi connectivity index (χ4v) is 2.98. The molecule has 0 saturated carbocycles. The summed E-state index contributed by atoms with van der Waals surface area (Å²) in [7, 11) is 0. The molecule has 0 fully saturated rings. The van der Waals surface area contributed by atoms with E-state index < -0.39 is 0 Å². The Balaban J connectivity index is 1.78. The third-order valence-corrected chi connectivity index (χ3v) is 4.22. The van der Waals surface area contributed by atoms with Gasteiger partial charge in [0.1, 0.15) is 0 Å². The van der Waals surface area contributed by atoms with Crippen molar-refractivity contribution in [3.63, 3.8) is 0 Å². The van der Waals surface area contributed by atoms with Crippen molar-refractivity contribution >= 4 is 23.0 Å². The van der Waals surface area contributed by atoms with Crippen LogP contribution in [-0.4, -0.2) is 14.8 Å². The lowest BCUT2D eigenvalue weighted by molar-refractivity contribution is 0.677. The lowest BCUT2D eigenvalue weighted by Gasteiger charge is -2.04. The molecule has 3 aromatic carbocycles. The number of fused-ring (bicyclic) bond motifs is 1. The van der Waals surface area contributed by atoms with Crippen molar-refractivity contribution in [1.29, 1.82) is 0 Å². The van der Waals surface area contributed by atoms with Gasteiger partial charge in [-0.3, -0.25) is 9.78 Å². The maximum absolute atomic E-state index is 5.42. The Bertz CT molecular complexity index is 1010. The Labute approximate surface area is 139 Å². The van der Waals surface area contributed by atoms with Gasteiger partial charge in [0.2, 0.25) is 4.77 Å². The van der Waals surface area contributed by atoms with Crippen LogP contribution in [0.3, 0.4) is 0 Å². The molecular weight excluding hydrogens is 302 g/mol. The molecule has 0 radical (unpaired) electrons. The highest BCUT2D eigenvalue weighted by atomic mass is 32.1. The summed E-state index contributed by atoms with van der Waals surface area (Å²) in [6, 6.07) is 24.8. The first-order chi connectivity index (χ1) is 11.3. The average Bonchev–Trinajstić information content (AvgIpc) is 2.96. The highest BCUT2D eigenvalue weighted by Crippen LogP contribution is 2.26. The van der Waals surface area contributed by atoms with Crippen molar-refractivity contribution in [2.24, 2.45) is 0 Å². The zero-order valence-corrected chi connectivity index (χ0v) is 13.3. The molecule has 0 bridgehead atoms. The minimum absolute atomic E-state index is 0.566. The molecule has 0 saturated heterocycles. The highest BCUT2D eigenvalue weighted by molar-refractivity contribution is 7.71. The van der Waals surface area contributed by atoms with Gasteiger partial charge in [-0.2, -0.15) is 4.98 Å². The third kappa shape index (κ3) is 2.69. The fraction of sp³-hybridized carbons (Fsp3) is 0.0526. The Kier molecular flexibility index (Phi) is 3.52. The topological polar surface area (TPSA) is 33.6 Å². The number of benzene rings is 3. The summed E-state index contributed by atoms with van der Waals surface area (Å²) in [6.07, 6.45) is 0. The molecule has 0 aliphatic rings. The van der Waals surface area contributed by atoms with Crippen LogP contribution in [0.5, 0.6) is 0 Å². The van der Waals surface area contributed by atoms with Crippen molar-refractivity contribution in [3.05, 3.63) is 83.1 Å². The van der Waals surface area contributed by atoms with Gasteiger partial charge in [-0.25, -0.2) is 0 Å². The summed E-state index contributed by atoms with van der Waals surface area (Å²) < 4.78 is 2.47. The molecular formula is C19H15N3S. The van der Waals surface area contributed by atoms with E-state index in [1.165, 1.54) is 16.3 Å². The summed E-state index contributed by atoms with van der Waals surface area (Å²) in [5.74, 6) is 0.808. The summed E-state index contributed by atoms with van der Waals surface area (Å²) >= 11 is 5.42. The summed E-state index contributed by atoms with van der Waals surface area (Å²) in [5, 5.41) is 5.71. The smallest absolute Gasteiger partial charge is 0.216 e. The lowest BCUT2D eigenvalue weighted by atomic mass is 10.0. The zero-order chi connectivity index (χ0) is 15.6. The molecule has 1 N–H and O–H groups in total. The first kappa shape index (κ1) is 13.9. The van der Waals surface area contributed by atoms with Crippen LogP contribution in [0.2, 0.25) is 0 Å². The normalized spacial score (nSPS) is 11.0. The number of rotatable bonds is 3.